The van der Waals surface area contributed by atoms with Gasteiger partial charge < -0.3 is 9.15 Å². The normalized spacial score (nSPS) is 10.8. The largest absolute Gasteiger partial charge is 0.472 e. The van der Waals surface area contributed by atoms with Crippen LogP contribution in [0.15, 0.2) is 45.9 Å². The van der Waals surface area contributed by atoms with Gasteiger partial charge in [0.2, 0.25) is 5.88 Å². The van der Waals surface area contributed by atoms with Crippen molar-refractivity contribution in [3.05, 3.63) is 52.0 Å². The lowest BCUT2D eigenvalue weighted by Gasteiger charge is -2.06. The van der Waals surface area contributed by atoms with Crippen molar-refractivity contribution < 1.29 is 9.15 Å². The number of rotatable bonds is 3. The third-order valence-corrected chi connectivity index (χ3v) is 3.32. The Morgan fingerprint density at radius 3 is 3.00 bits per heavy atom. The molecule has 2 heterocycles. The van der Waals surface area contributed by atoms with E-state index in [9.17, 15) is 0 Å². The maximum absolute atomic E-state index is 6.08. The van der Waals surface area contributed by atoms with Gasteiger partial charge in [-0.2, -0.15) is 0 Å². The van der Waals surface area contributed by atoms with E-state index in [1.807, 2.05) is 18.2 Å². The Kier molecular flexibility index (Phi) is 3.40. The van der Waals surface area contributed by atoms with E-state index < -0.39 is 0 Å². The minimum absolute atomic E-state index is 0.340. The van der Waals surface area contributed by atoms with Gasteiger partial charge in [-0.15, -0.1) is 0 Å². The molecule has 0 unspecified atom stereocenters. The van der Waals surface area contributed by atoms with Crippen molar-refractivity contribution in [3.63, 3.8) is 0 Å². The van der Waals surface area contributed by atoms with Gasteiger partial charge in [-0.1, -0.05) is 17.7 Å². The molecule has 0 amide bonds. The summed E-state index contributed by atoms with van der Waals surface area (Å²) < 4.78 is 11.6. The van der Waals surface area contributed by atoms with Crippen LogP contribution in [0.2, 0.25) is 5.02 Å². The Morgan fingerprint density at radius 1 is 1.26 bits per heavy atom. The zero-order chi connectivity index (χ0) is 13.2. The second-order valence-corrected chi connectivity index (χ2v) is 5.06. The highest BCUT2D eigenvalue weighted by molar-refractivity contribution is 9.10. The van der Waals surface area contributed by atoms with E-state index in [0.29, 0.717) is 22.1 Å². The molecule has 0 aliphatic rings. The number of ether oxygens (including phenoxy) is 1. The minimum atomic E-state index is 0.340. The number of nitrogens with zero attached hydrogens (tertiary/aromatic N) is 2. The average molecular weight is 340 g/mol. The summed E-state index contributed by atoms with van der Waals surface area (Å²) in [5, 5.41) is 1.54. The molecule has 0 atom stereocenters. The van der Waals surface area contributed by atoms with E-state index in [2.05, 4.69) is 25.9 Å². The van der Waals surface area contributed by atoms with Crippen LogP contribution in [-0.2, 0) is 6.61 Å². The Morgan fingerprint density at radius 2 is 2.16 bits per heavy atom. The highest BCUT2D eigenvalue weighted by Gasteiger charge is 2.09. The van der Waals surface area contributed by atoms with Crippen molar-refractivity contribution in [1.82, 2.24) is 9.97 Å². The summed E-state index contributed by atoms with van der Waals surface area (Å²) in [6, 6.07) is 5.53. The first-order valence-electron chi connectivity index (χ1n) is 5.49. The summed E-state index contributed by atoms with van der Waals surface area (Å²) in [4.78, 5) is 8.13. The van der Waals surface area contributed by atoms with Crippen LogP contribution in [-0.4, -0.2) is 9.97 Å². The van der Waals surface area contributed by atoms with E-state index in [-0.39, 0.29) is 0 Å². The number of halogens is 2. The Labute approximate surface area is 122 Å². The minimum Gasteiger partial charge on any atom is -0.472 e. The highest BCUT2D eigenvalue weighted by Crippen LogP contribution is 2.28. The number of furan rings is 1. The van der Waals surface area contributed by atoms with Crippen LogP contribution in [0, 0.1) is 0 Å². The van der Waals surface area contributed by atoms with Gasteiger partial charge in [0.15, 0.2) is 0 Å². The summed E-state index contributed by atoms with van der Waals surface area (Å²) in [5.41, 5.74) is 1.64. The molecule has 0 bridgehead atoms. The zero-order valence-electron chi connectivity index (χ0n) is 9.64. The molecule has 0 aliphatic carbocycles. The highest BCUT2D eigenvalue weighted by atomic mass is 79.9. The van der Waals surface area contributed by atoms with Crippen LogP contribution in [0.3, 0.4) is 0 Å². The van der Waals surface area contributed by atoms with Crippen LogP contribution >= 0.6 is 27.5 Å². The van der Waals surface area contributed by atoms with Crippen LogP contribution in [0.5, 0.6) is 5.88 Å². The summed E-state index contributed by atoms with van der Waals surface area (Å²) in [6.45, 7) is 0.340. The maximum Gasteiger partial charge on any atom is 0.233 e. The predicted molar refractivity (Wildman–Crippen MR) is 75.3 cm³/mol. The van der Waals surface area contributed by atoms with Gasteiger partial charge in [-0.25, -0.2) is 4.98 Å². The molecule has 0 fully saturated rings. The molecule has 3 aromatic rings. The van der Waals surface area contributed by atoms with Gasteiger partial charge in [0.25, 0.3) is 0 Å². The molecule has 4 nitrogen and oxygen atoms in total. The fourth-order valence-corrected chi connectivity index (χ4v) is 2.25. The average Bonchev–Trinajstić information content (AvgIpc) is 2.88. The van der Waals surface area contributed by atoms with E-state index in [4.69, 9.17) is 20.8 Å². The number of hydrogen-bond donors (Lipinski definition) is 0. The van der Waals surface area contributed by atoms with Crippen molar-refractivity contribution >= 4 is 38.5 Å². The third-order valence-electron chi connectivity index (χ3n) is 2.60. The molecular weight excluding hydrogens is 332 g/mol. The Hall–Kier alpha value is -1.59. The van der Waals surface area contributed by atoms with E-state index >= 15 is 0 Å². The van der Waals surface area contributed by atoms with Crippen molar-refractivity contribution in [2.75, 3.05) is 0 Å². The fourth-order valence-electron chi connectivity index (χ4n) is 1.75. The number of aromatic nitrogens is 2. The van der Waals surface area contributed by atoms with Gasteiger partial charge in [0.1, 0.15) is 16.8 Å². The Balaban J connectivity index is 1.86. The van der Waals surface area contributed by atoms with Crippen LogP contribution in [0.4, 0.5) is 0 Å². The molecule has 0 aliphatic heterocycles. The van der Waals surface area contributed by atoms with E-state index in [1.54, 1.807) is 18.7 Å². The molecule has 96 valence electrons. The van der Waals surface area contributed by atoms with Crippen molar-refractivity contribution in [2.24, 2.45) is 0 Å². The van der Waals surface area contributed by atoms with Crippen LogP contribution in [0.25, 0.3) is 11.0 Å². The van der Waals surface area contributed by atoms with Crippen molar-refractivity contribution in [2.45, 2.75) is 6.61 Å². The second kappa shape index (κ2) is 5.19. The summed E-state index contributed by atoms with van der Waals surface area (Å²) in [5.74, 6) is 0.448. The zero-order valence-corrected chi connectivity index (χ0v) is 12.0. The first-order valence-corrected chi connectivity index (χ1v) is 6.66. The predicted octanol–water partition coefficient (Wildman–Crippen LogP) is 4.22. The summed E-state index contributed by atoms with van der Waals surface area (Å²) in [7, 11) is 0. The quantitative estimate of drug-likeness (QED) is 0.717. The molecule has 0 radical (unpaired) electrons. The monoisotopic (exact) mass is 338 g/mol. The van der Waals surface area contributed by atoms with Gasteiger partial charge in [-0.05, 0) is 28.1 Å². The first kappa shape index (κ1) is 12.4. The molecule has 19 heavy (non-hydrogen) atoms. The van der Waals surface area contributed by atoms with Crippen LogP contribution in [0.1, 0.15) is 5.56 Å². The van der Waals surface area contributed by atoms with Gasteiger partial charge in [0, 0.05) is 10.9 Å². The molecule has 2 aromatic heterocycles. The van der Waals surface area contributed by atoms with Crippen LogP contribution < -0.4 is 4.74 Å². The summed E-state index contributed by atoms with van der Waals surface area (Å²) in [6.07, 6.45) is 4.76. The molecule has 0 saturated carbocycles. The maximum atomic E-state index is 6.08. The van der Waals surface area contributed by atoms with E-state index in [0.717, 1.165) is 16.5 Å². The number of fused-ring (bicyclic) bond motifs is 1. The molecule has 0 N–H and O–H groups in total. The number of benzene rings is 1. The first-order chi connectivity index (χ1) is 9.24. The Bertz CT molecular complexity index is 729. The van der Waals surface area contributed by atoms with Gasteiger partial charge >= 0.3 is 0 Å². The molecular formula is C13H8BrClN2O2. The molecule has 3 rings (SSSR count). The lowest BCUT2D eigenvalue weighted by Crippen LogP contribution is -1.98. The molecule has 0 spiro atoms. The molecule has 1 aromatic carbocycles. The second-order valence-electron chi connectivity index (χ2n) is 3.84. The summed E-state index contributed by atoms with van der Waals surface area (Å²) >= 11 is 9.32. The smallest absolute Gasteiger partial charge is 0.233 e. The SMILES string of the molecule is Clc1ccc(COc2cncc(Br)n2)c2occc12. The lowest BCUT2D eigenvalue weighted by molar-refractivity contribution is 0.291. The molecule has 6 heteroatoms. The van der Waals surface area contributed by atoms with Crippen molar-refractivity contribution in [1.29, 1.82) is 0 Å². The van der Waals surface area contributed by atoms with Gasteiger partial charge in [0.05, 0.1) is 23.7 Å². The molecule has 0 saturated heterocycles. The lowest BCUT2D eigenvalue weighted by atomic mass is 10.1. The van der Waals surface area contributed by atoms with E-state index in [1.165, 1.54) is 0 Å². The number of hydrogen-bond acceptors (Lipinski definition) is 4. The van der Waals surface area contributed by atoms with Gasteiger partial charge in [-0.3, -0.25) is 4.98 Å². The third kappa shape index (κ3) is 2.57. The van der Waals surface area contributed by atoms with Crippen molar-refractivity contribution in [3.8, 4) is 5.88 Å². The topological polar surface area (TPSA) is 48.2 Å². The standard InChI is InChI=1S/C13H8BrClN2O2/c14-11-5-16-6-12(17-11)19-7-8-1-2-10(15)9-3-4-18-13(8)9/h1-6H,7H2. The fraction of sp³-hybridized carbons (Fsp3) is 0.0769.